The summed E-state index contributed by atoms with van der Waals surface area (Å²) in [6.45, 7) is -0.534. The Morgan fingerprint density at radius 2 is 2.04 bits per heavy atom. The maximum absolute atomic E-state index is 12.7. The number of hydrogen-bond donors (Lipinski definition) is 5. The van der Waals surface area contributed by atoms with Gasteiger partial charge in [-0.15, -0.1) is 11.6 Å². The maximum atomic E-state index is 12.7. The van der Waals surface area contributed by atoms with Gasteiger partial charge in [-0.2, -0.15) is 4.98 Å². The van der Waals surface area contributed by atoms with E-state index in [-0.39, 0.29) is 29.5 Å². The monoisotopic (exact) mass is 361 g/mol. The summed E-state index contributed by atoms with van der Waals surface area (Å²) < 4.78 is 7.37. The van der Waals surface area contributed by atoms with Crippen LogP contribution >= 0.6 is 11.6 Å². The van der Waals surface area contributed by atoms with E-state index in [9.17, 15) is 24.9 Å². The van der Waals surface area contributed by atoms with Crippen LogP contribution in [0.3, 0.4) is 0 Å². The number of rotatable bonds is 4. The van der Waals surface area contributed by atoms with Crippen LogP contribution in [0.15, 0.2) is 9.59 Å². The van der Waals surface area contributed by atoms with Crippen molar-refractivity contribution in [2.75, 3.05) is 18.2 Å². The van der Waals surface area contributed by atoms with E-state index in [1.54, 1.807) is 0 Å². The molecule has 132 valence electrons. The molecule has 4 atom stereocenters. The fraction of sp³-hybridized carbons (Fsp3) is 0.583. The van der Waals surface area contributed by atoms with Gasteiger partial charge in [-0.05, 0) is 0 Å². The van der Waals surface area contributed by atoms with E-state index < -0.39 is 42.4 Å². The molecule has 6 N–H and O–H groups in total. The molecule has 2 unspecified atom stereocenters. The number of imidazole rings is 1. The highest BCUT2D eigenvalue weighted by Crippen LogP contribution is 2.30. The fourth-order valence-electron chi connectivity index (χ4n) is 2.81. The van der Waals surface area contributed by atoms with E-state index in [2.05, 4.69) is 9.97 Å². The smallest absolute Gasteiger partial charge is 0.332 e. The molecule has 0 saturated carbocycles. The van der Waals surface area contributed by atoms with Crippen molar-refractivity contribution in [1.82, 2.24) is 19.1 Å². The van der Waals surface area contributed by atoms with Crippen LogP contribution in [0.1, 0.15) is 6.23 Å². The molecule has 0 bridgehead atoms. The van der Waals surface area contributed by atoms with Gasteiger partial charge in [0.05, 0.1) is 6.61 Å². The SMILES string of the molecule is Nc1nc2c(c(=O)[nH]1)n(CCCl)c(=O)n2C1OC(CO)[C@@H](O)[C@H]1O. The van der Waals surface area contributed by atoms with Gasteiger partial charge in [0.2, 0.25) is 5.95 Å². The van der Waals surface area contributed by atoms with E-state index in [1.165, 1.54) is 0 Å². The summed E-state index contributed by atoms with van der Waals surface area (Å²) in [4.78, 5) is 31.1. The van der Waals surface area contributed by atoms with Crippen LogP contribution in [0.4, 0.5) is 5.95 Å². The molecule has 2 aromatic heterocycles. The number of H-pyrrole nitrogens is 1. The number of nitrogen functional groups attached to an aromatic ring is 1. The van der Waals surface area contributed by atoms with E-state index in [0.717, 1.165) is 9.13 Å². The molecule has 2 aromatic rings. The second-order valence-corrected chi connectivity index (χ2v) is 5.72. The van der Waals surface area contributed by atoms with Gasteiger partial charge in [0, 0.05) is 12.4 Å². The average molecular weight is 362 g/mol. The van der Waals surface area contributed by atoms with Crippen molar-refractivity contribution in [3.05, 3.63) is 20.8 Å². The fourth-order valence-corrected chi connectivity index (χ4v) is 2.98. The number of aliphatic hydroxyl groups is 3. The average Bonchev–Trinajstić information content (AvgIpc) is 2.96. The number of aliphatic hydroxyl groups excluding tert-OH is 3. The Kier molecular flexibility index (Phi) is 4.36. The lowest BCUT2D eigenvalue weighted by molar-refractivity contribution is -0.0527. The molecule has 0 aliphatic carbocycles. The lowest BCUT2D eigenvalue weighted by atomic mass is 10.1. The van der Waals surface area contributed by atoms with Gasteiger partial charge in [0.15, 0.2) is 17.4 Å². The standard InChI is InChI=1S/C12H16ClN5O6/c13-1-2-17-5-8(15-11(14)16-9(5)22)18(12(17)23)10-7(21)6(20)4(3-19)24-10/h4,6-7,10,19-21H,1-3H2,(H3,14,15,16,22)/t4?,6-,7-,10?/m1/s1. The second-order valence-electron chi connectivity index (χ2n) is 5.35. The number of alkyl halides is 1. The Labute approximate surface area is 138 Å². The van der Waals surface area contributed by atoms with Gasteiger partial charge in [-0.25, -0.2) is 9.36 Å². The molecule has 0 radical (unpaired) electrons. The molecule has 24 heavy (non-hydrogen) atoms. The van der Waals surface area contributed by atoms with E-state index in [0.29, 0.717) is 0 Å². The van der Waals surface area contributed by atoms with Crippen molar-refractivity contribution in [3.8, 4) is 0 Å². The summed E-state index contributed by atoms with van der Waals surface area (Å²) in [6, 6.07) is 0. The first-order chi connectivity index (χ1) is 11.4. The van der Waals surface area contributed by atoms with Crippen molar-refractivity contribution in [2.45, 2.75) is 31.1 Å². The molecule has 1 saturated heterocycles. The molecule has 0 amide bonds. The molecule has 1 fully saturated rings. The highest BCUT2D eigenvalue weighted by Gasteiger charge is 2.45. The maximum Gasteiger partial charge on any atom is 0.332 e. The zero-order valence-electron chi connectivity index (χ0n) is 12.3. The number of aromatic amines is 1. The van der Waals surface area contributed by atoms with E-state index in [1.807, 2.05) is 0 Å². The molecule has 1 aliphatic rings. The van der Waals surface area contributed by atoms with Gasteiger partial charge in [-0.1, -0.05) is 0 Å². The van der Waals surface area contributed by atoms with Crippen LogP contribution < -0.4 is 17.0 Å². The van der Waals surface area contributed by atoms with Gasteiger partial charge in [0.25, 0.3) is 5.56 Å². The third-order valence-electron chi connectivity index (χ3n) is 3.91. The summed E-state index contributed by atoms with van der Waals surface area (Å²) in [5, 5.41) is 29.2. The van der Waals surface area contributed by atoms with Crippen molar-refractivity contribution in [3.63, 3.8) is 0 Å². The lowest BCUT2D eigenvalue weighted by Crippen LogP contribution is -2.36. The zero-order valence-corrected chi connectivity index (χ0v) is 13.0. The van der Waals surface area contributed by atoms with Crippen LogP contribution in [0.2, 0.25) is 0 Å². The number of fused-ring (bicyclic) bond motifs is 1. The third kappa shape index (κ3) is 2.41. The summed E-state index contributed by atoms with van der Waals surface area (Å²) >= 11 is 5.68. The van der Waals surface area contributed by atoms with Gasteiger partial charge in [0.1, 0.15) is 18.3 Å². The Morgan fingerprint density at radius 1 is 1.33 bits per heavy atom. The summed E-state index contributed by atoms with van der Waals surface area (Å²) in [6.07, 6.45) is -5.32. The molecule has 0 aromatic carbocycles. The molecule has 0 spiro atoms. The van der Waals surface area contributed by atoms with Crippen molar-refractivity contribution in [2.24, 2.45) is 0 Å². The largest absolute Gasteiger partial charge is 0.394 e. The highest BCUT2D eigenvalue weighted by molar-refractivity contribution is 6.17. The van der Waals surface area contributed by atoms with Crippen molar-refractivity contribution in [1.29, 1.82) is 0 Å². The molecule has 12 heteroatoms. The Hall–Kier alpha value is -1.92. The van der Waals surface area contributed by atoms with E-state index >= 15 is 0 Å². The first-order valence-corrected chi connectivity index (χ1v) is 7.63. The number of nitrogens with zero attached hydrogens (tertiary/aromatic N) is 3. The molecule has 11 nitrogen and oxygen atoms in total. The second kappa shape index (κ2) is 6.18. The number of halogens is 1. The van der Waals surface area contributed by atoms with Gasteiger partial charge in [-0.3, -0.25) is 14.3 Å². The van der Waals surface area contributed by atoms with Gasteiger partial charge < -0.3 is 25.8 Å². The first kappa shape index (κ1) is 16.9. The number of aryl methyl sites for hydroxylation is 1. The Morgan fingerprint density at radius 3 is 2.62 bits per heavy atom. The minimum atomic E-state index is -1.50. The first-order valence-electron chi connectivity index (χ1n) is 7.09. The predicted molar refractivity (Wildman–Crippen MR) is 82.8 cm³/mol. The van der Waals surface area contributed by atoms with Gasteiger partial charge >= 0.3 is 5.69 Å². The Bertz CT molecular complexity index is 875. The molecule has 3 heterocycles. The third-order valence-corrected chi connectivity index (χ3v) is 4.08. The normalized spacial score (nSPS) is 27.2. The van der Waals surface area contributed by atoms with Crippen molar-refractivity contribution >= 4 is 28.7 Å². The zero-order chi connectivity index (χ0) is 17.6. The molecule has 1 aliphatic heterocycles. The van der Waals surface area contributed by atoms with Crippen LogP contribution in [-0.2, 0) is 11.3 Å². The highest BCUT2D eigenvalue weighted by atomic mass is 35.5. The minimum Gasteiger partial charge on any atom is -0.394 e. The minimum absolute atomic E-state index is 0.0212. The number of ether oxygens (including phenoxy) is 1. The number of anilines is 1. The number of nitrogens with two attached hydrogens (primary N) is 1. The quantitative estimate of drug-likeness (QED) is 0.367. The van der Waals surface area contributed by atoms with E-state index in [4.69, 9.17) is 22.1 Å². The molecular weight excluding hydrogens is 346 g/mol. The number of nitrogens with one attached hydrogen (secondary N) is 1. The van der Waals surface area contributed by atoms with Crippen LogP contribution in [0.5, 0.6) is 0 Å². The number of hydrogen-bond acceptors (Lipinski definition) is 8. The van der Waals surface area contributed by atoms with Crippen molar-refractivity contribution < 1.29 is 20.1 Å². The Balaban J connectivity index is 2.27. The molecule has 3 rings (SSSR count). The summed E-state index contributed by atoms with van der Waals surface area (Å²) in [7, 11) is 0. The molecular formula is C12H16ClN5O6. The summed E-state index contributed by atoms with van der Waals surface area (Å²) in [5.74, 6) is -0.172. The van der Waals surface area contributed by atoms with Crippen LogP contribution in [0, 0.1) is 0 Å². The van der Waals surface area contributed by atoms with Crippen LogP contribution in [-0.4, -0.2) is 65.2 Å². The topological polar surface area (TPSA) is 169 Å². The predicted octanol–water partition coefficient (Wildman–Crippen LogP) is -2.68. The number of aromatic nitrogens is 4. The summed E-state index contributed by atoms with van der Waals surface area (Å²) in [5.41, 5.74) is 3.99. The van der Waals surface area contributed by atoms with Crippen LogP contribution in [0.25, 0.3) is 11.2 Å². The lowest BCUT2D eigenvalue weighted by Gasteiger charge is -2.15.